The van der Waals surface area contributed by atoms with Crippen LogP contribution in [0.25, 0.3) is 0 Å². The Balaban J connectivity index is 2.30. The quantitative estimate of drug-likeness (QED) is 0.601. The Bertz CT molecular complexity index is 680. The van der Waals surface area contributed by atoms with Crippen LogP contribution in [0.4, 0.5) is 0 Å². The molecule has 2 rings (SSSR count). The van der Waals surface area contributed by atoms with E-state index in [0.29, 0.717) is 6.42 Å². The average molecular weight is 346 g/mol. The highest BCUT2D eigenvalue weighted by Gasteiger charge is 2.52. The predicted molar refractivity (Wildman–Crippen MR) is 88.5 cm³/mol. The van der Waals surface area contributed by atoms with E-state index in [1.54, 1.807) is 0 Å². The Morgan fingerprint density at radius 3 is 2.24 bits per heavy atom. The number of carboxylic acid groups (broad SMARTS) is 1. The molecule has 0 bridgehead atoms. The number of hydrogen-bond donors (Lipinski definition) is 1. The summed E-state index contributed by atoms with van der Waals surface area (Å²) in [6, 6.07) is 9.49. The highest BCUT2D eigenvalue weighted by atomic mass is 16.6. The van der Waals surface area contributed by atoms with Crippen molar-refractivity contribution in [2.24, 2.45) is 23.7 Å². The number of rotatable bonds is 7. The predicted octanol–water partition coefficient (Wildman–Crippen LogP) is 2.42. The Morgan fingerprint density at radius 1 is 1.12 bits per heavy atom. The third-order valence-corrected chi connectivity index (χ3v) is 4.97. The summed E-state index contributed by atoms with van der Waals surface area (Å²) in [5, 5.41) is 9.27. The van der Waals surface area contributed by atoms with Crippen molar-refractivity contribution in [3.8, 4) is 0 Å². The van der Waals surface area contributed by atoms with Crippen LogP contribution in [-0.4, -0.2) is 28.8 Å². The van der Waals surface area contributed by atoms with E-state index in [1.165, 1.54) is 13.8 Å². The molecule has 0 amide bonds. The molecule has 1 fully saturated rings. The van der Waals surface area contributed by atoms with Gasteiger partial charge in [-0.15, -0.1) is 0 Å². The molecular weight excluding hydrogens is 324 g/mol. The van der Waals surface area contributed by atoms with Crippen molar-refractivity contribution in [1.29, 1.82) is 0 Å². The molecule has 0 radical (unpaired) electrons. The highest BCUT2D eigenvalue weighted by Crippen LogP contribution is 2.40. The van der Waals surface area contributed by atoms with Crippen LogP contribution < -0.4 is 0 Å². The topological polar surface area (TPSA) is 97.7 Å². The Hall–Kier alpha value is -2.50. The molecule has 1 aromatic rings. The van der Waals surface area contributed by atoms with Gasteiger partial charge in [-0.05, 0) is 24.8 Å². The largest absolute Gasteiger partial charge is 0.481 e. The van der Waals surface area contributed by atoms with Gasteiger partial charge < -0.3 is 9.84 Å². The fourth-order valence-electron chi connectivity index (χ4n) is 3.56. The van der Waals surface area contributed by atoms with Crippen molar-refractivity contribution < 1.29 is 29.0 Å². The van der Waals surface area contributed by atoms with Crippen molar-refractivity contribution in [2.45, 2.75) is 33.1 Å². The van der Waals surface area contributed by atoms with Crippen molar-refractivity contribution in [2.75, 3.05) is 0 Å². The number of Topliss-reactive ketones (excluding diaryl/α,β-unsaturated/α-hetero) is 1. The van der Waals surface area contributed by atoms with Gasteiger partial charge in [0, 0.05) is 5.92 Å². The van der Waals surface area contributed by atoms with E-state index in [2.05, 4.69) is 0 Å². The summed E-state index contributed by atoms with van der Waals surface area (Å²) in [5.74, 6) is -7.16. The lowest BCUT2D eigenvalue weighted by Gasteiger charge is -2.26. The van der Waals surface area contributed by atoms with E-state index in [1.807, 2.05) is 37.3 Å². The maximum Gasteiger partial charge on any atom is 0.318 e. The number of ketones is 1. The average Bonchev–Trinajstić information content (AvgIpc) is 2.82. The lowest BCUT2D eigenvalue weighted by Crippen LogP contribution is -2.38. The molecule has 1 heterocycles. The van der Waals surface area contributed by atoms with E-state index < -0.39 is 47.4 Å². The molecule has 6 heteroatoms. The maximum atomic E-state index is 12.2. The molecule has 5 unspecified atom stereocenters. The summed E-state index contributed by atoms with van der Waals surface area (Å²) in [7, 11) is 0. The summed E-state index contributed by atoms with van der Waals surface area (Å²) in [6.45, 7) is 4.55. The van der Waals surface area contributed by atoms with Crippen LogP contribution in [0.15, 0.2) is 30.3 Å². The number of carboxylic acids is 1. The Morgan fingerprint density at radius 2 is 1.72 bits per heavy atom. The van der Waals surface area contributed by atoms with E-state index in [4.69, 9.17) is 4.74 Å². The monoisotopic (exact) mass is 346 g/mol. The van der Waals surface area contributed by atoms with Gasteiger partial charge in [0.05, 0.1) is 17.8 Å². The minimum Gasteiger partial charge on any atom is -0.481 e. The van der Waals surface area contributed by atoms with Gasteiger partial charge in [-0.2, -0.15) is 0 Å². The van der Waals surface area contributed by atoms with E-state index in [0.717, 1.165) is 5.56 Å². The van der Waals surface area contributed by atoms with Gasteiger partial charge in [0.25, 0.3) is 0 Å². The molecule has 0 saturated carbocycles. The normalized spacial score (nSPS) is 23.6. The summed E-state index contributed by atoms with van der Waals surface area (Å²) in [6.07, 6.45) is 0.315. The number of hydrogen-bond acceptors (Lipinski definition) is 5. The molecule has 134 valence electrons. The number of benzene rings is 1. The molecule has 1 aliphatic heterocycles. The van der Waals surface area contributed by atoms with Crippen molar-refractivity contribution in [3.05, 3.63) is 35.9 Å². The molecule has 1 saturated heterocycles. The summed E-state index contributed by atoms with van der Waals surface area (Å²) >= 11 is 0. The third kappa shape index (κ3) is 3.95. The molecule has 1 aliphatic rings. The minimum absolute atomic E-state index is 0.0418. The zero-order chi connectivity index (χ0) is 18.7. The number of carbonyl (C=O) groups excluding carboxylic acids is 3. The molecule has 0 aliphatic carbocycles. The van der Waals surface area contributed by atoms with Crippen LogP contribution in [0, 0.1) is 23.7 Å². The van der Waals surface area contributed by atoms with Crippen molar-refractivity contribution in [1.82, 2.24) is 0 Å². The molecular formula is C19H22O6. The van der Waals surface area contributed by atoms with Crippen molar-refractivity contribution >= 4 is 23.7 Å². The second-order valence-electron chi connectivity index (χ2n) is 6.68. The summed E-state index contributed by atoms with van der Waals surface area (Å²) < 4.78 is 4.76. The fraction of sp³-hybridized carbons (Fsp3) is 0.474. The van der Waals surface area contributed by atoms with Gasteiger partial charge in [-0.3, -0.25) is 19.2 Å². The first-order chi connectivity index (χ1) is 11.7. The fourth-order valence-corrected chi connectivity index (χ4v) is 3.56. The SMILES string of the molecule is CC(=O)C(C(C)C(=O)O)C1C(=O)OC(=O)C1CC(C)c1ccccc1. The van der Waals surface area contributed by atoms with Gasteiger partial charge in [0.2, 0.25) is 0 Å². The summed E-state index contributed by atoms with van der Waals surface area (Å²) in [4.78, 5) is 47.8. The highest BCUT2D eigenvalue weighted by molar-refractivity contribution is 6.00. The van der Waals surface area contributed by atoms with Gasteiger partial charge >= 0.3 is 17.9 Å². The molecule has 1 aromatic carbocycles. The number of carbonyl (C=O) groups is 4. The lowest BCUT2D eigenvalue weighted by atomic mass is 9.72. The van der Waals surface area contributed by atoms with E-state index in [-0.39, 0.29) is 5.92 Å². The lowest BCUT2D eigenvalue weighted by molar-refractivity contribution is -0.155. The number of ether oxygens (including phenoxy) is 1. The van der Waals surface area contributed by atoms with Crippen LogP contribution in [0.5, 0.6) is 0 Å². The maximum absolute atomic E-state index is 12.2. The molecule has 25 heavy (non-hydrogen) atoms. The second-order valence-corrected chi connectivity index (χ2v) is 6.68. The number of aliphatic carboxylic acids is 1. The first-order valence-corrected chi connectivity index (χ1v) is 8.27. The summed E-state index contributed by atoms with van der Waals surface area (Å²) in [5.41, 5.74) is 0.999. The van der Waals surface area contributed by atoms with Crippen molar-refractivity contribution in [3.63, 3.8) is 0 Å². The molecule has 5 atom stereocenters. The van der Waals surface area contributed by atoms with Gasteiger partial charge in [0.15, 0.2) is 0 Å². The number of esters is 2. The smallest absolute Gasteiger partial charge is 0.318 e. The first kappa shape index (κ1) is 18.8. The molecule has 1 N–H and O–H groups in total. The van der Waals surface area contributed by atoms with E-state index >= 15 is 0 Å². The van der Waals surface area contributed by atoms with Crippen LogP contribution in [-0.2, 0) is 23.9 Å². The third-order valence-electron chi connectivity index (χ3n) is 4.97. The molecule has 0 spiro atoms. The van der Waals surface area contributed by atoms with Crippen LogP contribution in [0.3, 0.4) is 0 Å². The van der Waals surface area contributed by atoms with Gasteiger partial charge in [-0.1, -0.05) is 44.2 Å². The Kier molecular flexibility index (Phi) is 5.72. The zero-order valence-electron chi connectivity index (χ0n) is 14.5. The van der Waals surface area contributed by atoms with E-state index in [9.17, 15) is 24.3 Å². The molecule has 0 aromatic heterocycles. The first-order valence-electron chi connectivity index (χ1n) is 8.27. The minimum atomic E-state index is -1.18. The standard InChI is InChI=1S/C19H22O6/c1-10(13-7-5-4-6-8-13)9-14-16(19(24)25-18(14)23)15(12(3)20)11(2)17(21)22/h4-8,10-11,14-16H,9H2,1-3H3,(H,21,22). The van der Waals surface area contributed by atoms with Gasteiger partial charge in [-0.25, -0.2) is 0 Å². The van der Waals surface area contributed by atoms with Crippen LogP contribution >= 0.6 is 0 Å². The second kappa shape index (κ2) is 7.59. The van der Waals surface area contributed by atoms with Crippen LogP contribution in [0.2, 0.25) is 0 Å². The Labute approximate surface area is 146 Å². The number of cyclic esters (lactones) is 2. The van der Waals surface area contributed by atoms with Crippen LogP contribution in [0.1, 0.15) is 38.7 Å². The zero-order valence-corrected chi connectivity index (χ0v) is 14.5. The van der Waals surface area contributed by atoms with Gasteiger partial charge in [0.1, 0.15) is 5.78 Å². The molecule has 6 nitrogen and oxygen atoms in total.